The number of rotatable bonds is 2. The van der Waals surface area contributed by atoms with Crippen molar-refractivity contribution in [3.8, 4) is 0 Å². The second-order valence-electron chi connectivity index (χ2n) is 5.46. The summed E-state index contributed by atoms with van der Waals surface area (Å²) >= 11 is 9.33. The number of oxime groups is 1. The van der Waals surface area contributed by atoms with Gasteiger partial charge < -0.3 is 15.8 Å². The molecule has 0 radical (unpaired) electrons. The molecule has 21 heavy (non-hydrogen) atoms. The van der Waals surface area contributed by atoms with Crippen molar-refractivity contribution >= 4 is 39.3 Å². The lowest BCUT2D eigenvalue weighted by Gasteiger charge is -2.38. The van der Waals surface area contributed by atoms with Gasteiger partial charge in [0.05, 0.1) is 5.56 Å². The molecule has 7 heteroatoms. The summed E-state index contributed by atoms with van der Waals surface area (Å²) in [5, 5.41) is 12.5. The number of hydrogen-bond acceptors (Lipinski definition) is 3. The molecular formula is C14H17BrClN3O2. The minimum Gasteiger partial charge on any atom is -0.409 e. The van der Waals surface area contributed by atoms with E-state index in [2.05, 4.69) is 21.1 Å². The molecular weight excluding hydrogens is 358 g/mol. The fraction of sp³-hybridized carbons (Fsp3) is 0.429. The standard InChI is InChI=1S/C14H17BrClN3O2/c1-14(13(17)18-21)4-6-19(7-5-14)12(20)10-8-9(16)2-3-11(10)15/h2-3,8,21H,4-7H2,1H3,(H2,17,18). The highest BCUT2D eigenvalue weighted by atomic mass is 79.9. The Kier molecular flexibility index (Phi) is 4.78. The van der Waals surface area contributed by atoms with Gasteiger partial charge in [-0.1, -0.05) is 23.7 Å². The third-order valence-electron chi connectivity index (χ3n) is 4.04. The van der Waals surface area contributed by atoms with E-state index in [1.807, 2.05) is 6.92 Å². The van der Waals surface area contributed by atoms with Crippen molar-refractivity contribution < 1.29 is 10.0 Å². The highest BCUT2D eigenvalue weighted by Gasteiger charge is 2.36. The van der Waals surface area contributed by atoms with E-state index in [9.17, 15) is 4.79 Å². The second kappa shape index (κ2) is 6.23. The third-order valence-corrected chi connectivity index (χ3v) is 4.97. The molecule has 5 nitrogen and oxygen atoms in total. The Morgan fingerprint density at radius 1 is 1.48 bits per heavy atom. The summed E-state index contributed by atoms with van der Waals surface area (Å²) in [7, 11) is 0. The van der Waals surface area contributed by atoms with E-state index >= 15 is 0 Å². The van der Waals surface area contributed by atoms with Crippen molar-refractivity contribution in [3.05, 3.63) is 33.3 Å². The average molecular weight is 375 g/mol. The van der Waals surface area contributed by atoms with Gasteiger partial charge in [0.25, 0.3) is 5.91 Å². The first-order valence-corrected chi connectivity index (χ1v) is 7.77. The number of benzene rings is 1. The van der Waals surface area contributed by atoms with Crippen molar-refractivity contribution in [3.63, 3.8) is 0 Å². The quantitative estimate of drug-likeness (QED) is 0.361. The molecule has 1 amide bonds. The van der Waals surface area contributed by atoms with Crippen LogP contribution in [0.15, 0.2) is 27.8 Å². The largest absolute Gasteiger partial charge is 0.409 e. The van der Waals surface area contributed by atoms with Crippen LogP contribution in [0, 0.1) is 5.41 Å². The minimum atomic E-state index is -0.364. The number of carbonyl (C=O) groups is 1. The lowest BCUT2D eigenvalue weighted by Crippen LogP contribution is -2.47. The number of nitrogens with two attached hydrogens (primary N) is 1. The summed E-state index contributed by atoms with van der Waals surface area (Å²) in [6.07, 6.45) is 1.32. The first-order valence-electron chi connectivity index (χ1n) is 6.60. The van der Waals surface area contributed by atoms with Crippen molar-refractivity contribution in [2.24, 2.45) is 16.3 Å². The number of hydrogen-bond donors (Lipinski definition) is 2. The van der Waals surface area contributed by atoms with Crippen molar-refractivity contribution in [1.82, 2.24) is 4.90 Å². The Hall–Kier alpha value is -1.27. The Morgan fingerprint density at radius 2 is 2.10 bits per heavy atom. The lowest BCUT2D eigenvalue weighted by molar-refractivity contribution is 0.0665. The highest BCUT2D eigenvalue weighted by molar-refractivity contribution is 9.10. The lowest BCUT2D eigenvalue weighted by atomic mass is 9.79. The van der Waals surface area contributed by atoms with Gasteiger partial charge in [-0.15, -0.1) is 0 Å². The van der Waals surface area contributed by atoms with Gasteiger partial charge in [0.2, 0.25) is 0 Å². The summed E-state index contributed by atoms with van der Waals surface area (Å²) in [5.41, 5.74) is 5.92. The van der Waals surface area contributed by atoms with Crippen LogP contribution in [-0.2, 0) is 0 Å². The van der Waals surface area contributed by atoms with E-state index in [1.165, 1.54) is 0 Å². The van der Waals surface area contributed by atoms with E-state index in [0.29, 0.717) is 36.5 Å². The SMILES string of the molecule is CC1(/C(N)=N/O)CCN(C(=O)c2cc(Cl)ccc2Br)CC1. The van der Waals surface area contributed by atoms with E-state index < -0.39 is 0 Å². The fourth-order valence-electron chi connectivity index (χ4n) is 2.41. The van der Waals surface area contributed by atoms with Gasteiger partial charge in [0, 0.05) is 28.0 Å². The van der Waals surface area contributed by atoms with Crippen LogP contribution < -0.4 is 5.73 Å². The van der Waals surface area contributed by atoms with Crippen LogP contribution in [0.2, 0.25) is 5.02 Å². The maximum absolute atomic E-state index is 12.5. The van der Waals surface area contributed by atoms with Crippen LogP contribution in [0.1, 0.15) is 30.1 Å². The molecule has 0 aromatic heterocycles. The van der Waals surface area contributed by atoms with Crippen molar-refractivity contribution in [2.75, 3.05) is 13.1 Å². The number of halogens is 2. The predicted octanol–water partition coefficient (Wildman–Crippen LogP) is 3.09. The zero-order chi connectivity index (χ0) is 15.6. The Bertz CT molecular complexity index is 584. The minimum absolute atomic E-state index is 0.0640. The molecule has 1 aromatic rings. The molecule has 1 aliphatic rings. The predicted molar refractivity (Wildman–Crippen MR) is 85.8 cm³/mol. The molecule has 1 aliphatic heterocycles. The van der Waals surface area contributed by atoms with Gasteiger partial charge in [-0.05, 0) is 47.0 Å². The summed E-state index contributed by atoms with van der Waals surface area (Å²) in [6.45, 7) is 3.06. The molecule has 1 fully saturated rings. The molecule has 0 unspecified atom stereocenters. The maximum atomic E-state index is 12.5. The number of amides is 1. The molecule has 0 aliphatic carbocycles. The number of carbonyl (C=O) groups excluding carboxylic acids is 1. The van der Waals surface area contributed by atoms with Gasteiger partial charge in [-0.3, -0.25) is 4.79 Å². The molecule has 114 valence electrons. The van der Waals surface area contributed by atoms with Gasteiger partial charge >= 0.3 is 0 Å². The molecule has 1 saturated heterocycles. The van der Waals surface area contributed by atoms with Crippen LogP contribution in [0.25, 0.3) is 0 Å². The van der Waals surface area contributed by atoms with E-state index in [-0.39, 0.29) is 17.2 Å². The number of likely N-dealkylation sites (tertiary alicyclic amines) is 1. The van der Waals surface area contributed by atoms with Gasteiger partial charge in [-0.2, -0.15) is 0 Å². The molecule has 0 atom stereocenters. The average Bonchev–Trinajstić information content (AvgIpc) is 2.49. The van der Waals surface area contributed by atoms with Crippen LogP contribution in [0.4, 0.5) is 0 Å². The summed E-state index contributed by atoms with van der Waals surface area (Å²) < 4.78 is 0.724. The van der Waals surface area contributed by atoms with Crippen molar-refractivity contribution in [1.29, 1.82) is 0 Å². The molecule has 1 heterocycles. The van der Waals surface area contributed by atoms with Gasteiger partial charge in [0.1, 0.15) is 5.84 Å². The smallest absolute Gasteiger partial charge is 0.255 e. The van der Waals surface area contributed by atoms with Crippen LogP contribution in [0.3, 0.4) is 0 Å². The maximum Gasteiger partial charge on any atom is 0.255 e. The Morgan fingerprint density at radius 3 is 2.67 bits per heavy atom. The number of piperidine rings is 1. The fourth-order valence-corrected chi connectivity index (χ4v) is 3.00. The monoisotopic (exact) mass is 373 g/mol. The molecule has 2 rings (SSSR count). The zero-order valence-electron chi connectivity index (χ0n) is 11.6. The first kappa shape index (κ1) is 16.1. The van der Waals surface area contributed by atoms with Gasteiger partial charge in [-0.25, -0.2) is 0 Å². The molecule has 0 saturated carbocycles. The van der Waals surface area contributed by atoms with Crippen LogP contribution in [0.5, 0.6) is 0 Å². The second-order valence-corrected chi connectivity index (χ2v) is 6.75. The van der Waals surface area contributed by atoms with E-state index in [4.69, 9.17) is 22.5 Å². The topological polar surface area (TPSA) is 78.9 Å². The number of nitrogens with zero attached hydrogens (tertiary/aromatic N) is 2. The Balaban J connectivity index is 2.12. The Labute approximate surface area is 136 Å². The molecule has 1 aromatic carbocycles. The molecule has 3 N–H and O–H groups in total. The van der Waals surface area contributed by atoms with Crippen LogP contribution >= 0.6 is 27.5 Å². The van der Waals surface area contributed by atoms with E-state index in [0.717, 1.165) is 4.47 Å². The summed E-state index contributed by atoms with van der Waals surface area (Å²) in [6, 6.07) is 5.15. The summed E-state index contributed by atoms with van der Waals surface area (Å²) in [4.78, 5) is 14.3. The zero-order valence-corrected chi connectivity index (χ0v) is 14.0. The molecule has 0 bridgehead atoms. The molecule has 0 spiro atoms. The third kappa shape index (κ3) is 3.32. The van der Waals surface area contributed by atoms with Crippen LogP contribution in [-0.4, -0.2) is 34.9 Å². The van der Waals surface area contributed by atoms with Gasteiger partial charge in [0.15, 0.2) is 0 Å². The highest BCUT2D eigenvalue weighted by Crippen LogP contribution is 2.32. The van der Waals surface area contributed by atoms with E-state index in [1.54, 1.807) is 23.1 Å². The van der Waals surface area contributed by atoms with Crippen molar-refractivity contribution in [2.45, 2.75) is 19.8 Å². The first-order chi connectivity index (χ1) is 9.87. The number of amidine groups is 1. The summed E-state index contributed by atoms with van der Waals surface area (Å²) in [5.74, 6) is 0.157. The normalized spacial score (nSPS) is 18.6.